The highest BCUT2D eigenvalue weighted by Crippen LogP contribution is 2.22. The van der Waals surface area contributed by atoms with Gasteiger partial charge in [0.25, 0.3) is 5.69 Å². The molecule has 0 atom stereocenters. The van der Waals surface area contributed by atoms with Crippen molar-refractivity contribution in [2.24, 2.45) is 0 Å². The van der Waals surface area contributed by atoms with E-state index in [-0.39, 0.29) is 17.3 Å². The van der Waals surface area contributed by atoms with Crippen LogP contribution in [0.15, 0.2) is 53.7 Å². The quantitative estimate of drug-likeness (QED) is 0.327. The molecule has 1 aliphatic heterocycles. The van der Waals surface area contributed by atoms with E-state index in [1.165, 1.54) is 23.9 Å². The summed E-state index contributed by atoms with van der Waals surface area (Å²) in [5, 5.41) is 23.2. The molecule has 0 radical (unpaired) electrons. The first-order valence-corrected chi connectivity index (χ1v) is 10.8. The first-order valence-electron chi connectivity index (χ1n) is 9.76. The second-order valence-electron chi connectivity index (χ2n) is 7.14. The number of nitro groups is 1. The van der Waals surface area contributed by atoms with Gasteiger partial charge in [0.1, 0.15) is 0 Å². The Morgan fingerprint density at radius 2 is 1.68 bits per heavy atom. The van der Waals surface area contributed by atoms with Gasteiger partial charge in [0.2, 0.25) is 11.1 Å². The maximum absolute atomic E-state index is 12.7. The third kappa shape index (κ3) is 4.82. The number of hydrogen-bond acceptors (Lipinski definition) is 8. The molecule has 3 aromatic rings. The molecule has 0 aliphatic carbocycles. The average Bonchev–Trinajstić information content (AvgIpc) is 3.27. The van der Waals surface area contributed by atoms with Crippen LogP contribution in [0.4, 0.5) is 11.4 Å². The van der Waals surface area contributed by atoms with E-state index >= 15 is 0 Å². The Hall–Kier alpha value is -3.47. The van der Waals surface area contributed by atoms with Crippen LogP contribution in [0.2, 0.25) is 0 Å². The number of amides is 1. The zero-order valence-corrected chi connectivity index (χ0v) is 17.7. The number of rotatable bonds is 6. The number of aryl methyl sites for hydroxylation is 1. The maximum Gasteiger partial charge on any atom is 0.269 e. The molecule has 4 rings (SSSR count). The summed E-state index contributed by atoms with van der Waals surface area (Å²) in [4.78, 5) is 27.0. The number of nitrogens with zero attached hydrogens (tertiary/aromatic N) is 7. The lowest BCUT2D eigenvalue weighted by molar-refractivity contribution is -0.384. The van der Waals surface area contributed by atoms with Gasteiger partial charge in [-0.2, -0.15) is 4.68 Å². The lowest BCUT2D eigenvalue weighted by Crippen LogP contribution is -2.49. The van der Waals surface area contributed by atoms with E-state index in [9.17, 15) is 14.9 Å². The fourth-order valence-corrected chi connectivity index (χ4v) is 4.13. The lowest BCUT2D eigenvalue weighted by Gasteiger charge is -2.36. The fraction of sp³-hybridized carbons (Fsp3) is 0.300. The van der Waals surface area contributed by atoms with E-state index in [1.54, 1.807) is 16.8 Å². The van der Waals surface area contributed by atoms with Crippen molar-refractivity contribution < 1.29 is 9.72 Å². The summed E-state index contributed by atoms with van der Waals surface area (Å²) in [5.41, 5.74) is 2.99. The van der Waals surface area contributed by atoms with Crippen LogP contribution in [0.25, 0.3) is 5.69 Å². The molecule has 2 aromatic carbocycles. The topological polar surface area (TPSA) is 110 Å². The molecule has 1 amide bonds. The number of hydrogen-bond donors (Lipinski definition) is 0. The summed E-state index contributed by atoms with van der Waals surface area (Å²) in [6.07, 6.45) is 0. The zero-order chi connectivity index (χ0) is 21.8. The van der Waals surface area contributed by atoms with Crippen LogP contribution < -0.4 is 4.90 Å². The van der Waals surface area contributed by atoms with Gasteiger partial charge < -0.3 is 9.80 Å². The van der Waals surface area contributed by atoms with Gasteiger partial charge in [-0.15, -0.1) is 5.10 Å². The molecule has 1 aliphatic rings. The third-order valence-electron chi connectivity index (χ3n) is 5.10. The lowest BCUT2D eigenvalue weighted by atomic mass is 10.2. The Labute approximate surface area is 183 Å². The van der Waals surface area contributed by atoms with Gasteiger partial charge in [-0.1, -0.05) is 29.5 Å². The number of carbonyl (C=O) groups excluding carboxylic acids is 1. The first-order chi connectivity index (χ1) is 15.0. The number of piperazine rings is 1. The first kappa shape index (κ1) is 20.8. The minimum Gasteiger partial charge on any atom is -0.368 e. The highest BCUT2D eigenvalue weighted by molar-refractivity contribution is 7.99. The highest BCUT2D eigenvalue weighted by Gasteiger charge is 2.22. The van der Waals surface area contributed by atoms with Gasteiger partial charge in [0.15, 0.2) is 0 Å². The van der Waals surface area contributed by atoms with Gasteiger partial charge in [-0.25, -0.2) is 0 Å². The molecule has 11 heteroatoms. The number of non-ortho nitro benzene ring substituents is 1. The van der Waals surface area contributed by atoms with Crippen LogP contribution in [-0.4, -0.2) is 67.9 Å². The number of benzene rings is 2. The Kier molecular flexibility index (Phi) is 6.12. The van der Waals surface area contributed by atoms with Gasteiger partial charge in [-0.3, -0.25) is 14.9 Å². The van der Waals surface area contributed by atoms with Gasteiger partial charge >= 0.3 is 0 Å². The Morgan fingerprint density at radius 1 is 1.03 bits per heavy atom. The van der Waals surface area contributed by atoms with Crippen molar-refractivity contribution in [1.82, 2.24) is 25.1 Å². The predicted molar refractivity (Wildman–Crippen MR) is 117 cm³/mol. The van der Waals surface area contributed by atoms with Crippen molar-refractivity contribution in [2.45, 2.75) is 12.1 Å². The minimum atomic E-state index is -0.410. The SMILES string of the molecule is Cc1ccc(-n2nnnc2SCC(=O)N2CCN(c3ccc([N+](=O)[O-])cc3)CC2)cc1. The molecule has 1 aromatic heterocycles. The van der Waals surface area contributed by atoms with Crippen LogP contribution in [0.5, 0.6) is 0 Å². The molecule has 1 saturated heterocycles. The average molecular weight is 440 g/mol. The molecule has 160 valence electrons. The number of tetrazole rings is 1. The Balaban J connectivity index is 1.30. The number of anilines is 1. The molecule has 0 N–H and O–H groups in total. The molecule has 10 nitrogen and oxygen atoms in total. The van der Waals surface area contributed by atoms with E-state index in [0.717, 1.165) is 16.9 Å². The standard InChI is InChI=1S/C20H21N7O3S/c1-15-2-4-17(5-3-15)26-20(21-22-23-26)31-14-19(28)25-12-10-24(11-13-25)16-6-8-18(9-7-16)27(29)30/h2-9H,10-14H2,1H3. The van der Waals surface area contributed by atoms with Crippen LogP contribution in [-0.2, 0) is 4.79 Å². The van der Waals surface area contributed by atoms with Crippen molar-refractivity contribution in [2.75, 3.05) is 36.8 Å². The molecule has 2 heterocycles. The second kappa shape index (κ2) is 9.13. The van der Waals surface area contributed by atoms with Crippen molar-refractivity contribution in [3.63, 3.8) is 0 Å². The highest BCUT2D eigenvalue weighted by atomic mass is 32.2. The number of thioether (sulfide) groups is 1. The fourth-order valence-electron chi connectivity index (χ4n) is 3.33. The van der Waals surface area contributed by atoms with Gasteiger partial charge in [0.05, 0.1) is 16.4 Å². The molecule has 0 saturated carbocycles. The number of aromatic nitrogens is 4. The summed E-state index contributed by atoms with van der Waals surface area (Å²) < 4.78 is 1.63. The van der Waals surface area contributed by atoms with E-state index in [2.05, 4.69) is 20.4 Å². The number of carbonyl (C=O) groups is 1. The predicted octanol–water partition coefficient (Wildman–Crippen LogP) is 2.32. The van der Waals surface area contributed by atoms with Crippen molar-refractivity contribution in [1.29, 1.82) is 0 Å². The maximum atomic E-state index is 12.7. The van der Waals surface area contributed by atoms with E-state index in [4.69, 9.17) is 0 Å². The Morgan fingerprint density at radius 3 is 2.32 bits per heavy atom. The smallest absolute Gasteiger partial charge is 0.269 e. The largest absolute Gasteiger partial charge is 0.368 e. The van der Waals surface area contributed by atoms with Gasteiger partial charge in [0, 0.05) is 44.0 Å². The van der Waals surface area contributed by atoms with Gasteiger partial charge in [-0.05, 0) is 41.6 Å². The third-order valence-corrected chi connectivity index (χ3v) is 6.01. The van der Waals surface area contributed by atoms with Crippen LogP contribution in [0, 0.1) is 17.0 Å². The number of nitro benzene ring substituents is 1. The Bertz CT molecular complexity index is 1060. The van der Waals surface area contributed by atoms with E-state index in [0.29, 0.717) is 31.3 Å². The molecule has 1 fully saturated rings. The van der Waals surface area contributed by atoms with E-state index < -0.39 is 4.92 Å². The second-order valence-corrected chi connectivity index (χ2v) is 8.08. The normalized spacial score (nSPS) is 14.0. The minimum absolute atomic E-state index is 0.0341. The summed E-state index contributed by atoms with van der Waals surface area (Å²) >= 11 is 1.31. The monoisotopic (exact) mass is 439 g/mol. The molecule has 31 heavy (non-hydrogen) atoms. The molecular weight excluding hydrogens is 418 g/mol. The van der Waals surface area contributed by atoms with Crippen molar-refractivity contribution in [3.05, 3.63) is 64.2 Å². The molecular formula is C20H21N7O3S. The molecule has 0 bridgehead atoms. The van der Waals surface area contributed by atoms with Crippen LogP contribution >= 0.6 is 11.8 Å². The summed E-state index contributed by atoms with van der Waals surface area (Å²) in [5.74, 6) is 0.288. The van der Waals surface area contributed by atoms with E-state index in [1.807, 2.05) is 36.1 Å². The summed E-state index contributed by atoms with van der Waals surface area (Å²) in [6, 6.07) is 14.3. The molecule has 0 spiro atoms. The summed E-state index contributed by atoms with van der Waals surface area (Å²) in [6.45, 7) is 4.56. The summed E-state index contributed by atoms with van der Waals surface area (Å²) in [7, 11) is 0. The van der Waals surface area contributed by atoms with Crippen LogP contribution in [0.1, 0.15) is 5.56 Å². The zero-order valence-electron chi connectivity index (χ0n) is 16.9. The molecule has 0 unspecified atom stereocenters. The van der Waals surface area contributed by atoms with Crippen LogP contribution in [0.3, 0.4) is 0 Å². The van der Waals surface area contributed by atoms with Crippen molar-refractivity contribution in [3.8, 4) is 5.69 Å². The van der Waals surface area contributed by atoms with Crippen molar-refractivity contribution >= 4 is 29.0 Å².